The highest BCUT2D eigenvalue weighted by Gasteiger charge is 2.30. The van der Waals surface area contributed by atoms with Crippen molar-refractivity contribution in [3.8, 4) is 0 Å². The SMILES string of the molecule is CC(C)(C)OC(=O)N[C@@H](CCN(CCCC=O)C(=O)OC(C)(C)C)C(=O)OC(C)(C)C. The van der Waals surface area contributed by atoms with Crippen LogP contribution in [0.4, 0.5) is 9.59 Å². The monoisotopic (exact) mass is 444 g/mol. The van der Waals surface area contributed by atoms with Crippen LogP contribution < -0.4 is 5.32 Å². The van der Waals surface area contributed by atoms with Crippen LogP contribution in [0.15, 0.2) is 0 Å². The molecule has 0 fully saturated rings. The molecule has 0 unspecified atom stereocenters. The lowest BCUT2D eigenvalue weighted by Gasteiger charge is -2.30. The van der Waals surface area contributed by atoms with Crippen molar-refractivity contribution in [3.63, 3.8) is 0 Å². The smallest absolute Gasteiger partial charge is 0.410 e. The van der Waals surface area contributed by atoms with Crippen LogP contribution in [0.3, 0.4) is 0 Å². The number of hydrogen-bond donors (Lipinski definition) is 1. The summed E-state index contributed by atoms with van der Waals surface area (Å²) in [6.45, 7) is 16.0. The molecular weight excluding hydrogens is 404 g/mol. The van der Waals surface area contributed by atoms with Crippen LogP contribution in [-0.2, 0) is 23.8 Å². The van der Waals surface area contributed by atoms with E-state index in [2.05, 4.69) is 5.32 Å². The minimum atomic E-state index is -1.02. The van der Waals surface area contributed by atoms with E-state index in [9.17, 15) is 19.2 Å². The van der Waals surface area contributed by atoms with E-state index in [0.717, 1.165) is 6.29 Å². The molecular formula is C22H40N2O7. The van der Waals surface area contributed by atoms with Crippen LogP contribution >= 0.6 is 0 Å². The Morgan fingerprint density at radius 3 is 1.81 bits per heavy atom. The van der Waals surface area contributed by atoms with Crippen molar-refractivity contribution in [2.75, 3.05) is 13.1 Å². The van der Waals surface area contributed by atoms with Crippen molar-refractivity contribution in [1.82, 2.24) is 10.2 Å². The Balaban J connectivity index is 5.38. The minimum Gasteiger partial charge on any atom is -0.458 e. The van der Waals surface area contributed by atoms with Gasteiger partial charge in [-0.1, -0.05) is 0 Å². The quantitative estimate of drug-likeness (QED) is 0.249. The molecule has 0 aliphatic heterocycles. The van der Waals surface area contributed by atoms with E-state index in [0.29, 0.717) is 12.8 Å². The second-order valence-corrected chi connectivity index (χ2v) is 10.3. The lowest BCUT2D eigenvalue weighted by molar-refractivity contribution is -0.157. The van der Waals surface area contributed by atoms with Gasteiger partial charge >= 0.3 is 18.2 Å². The van der Waals surface area contributed by atoms with Crippen LogP contribution in [-0.4, -0.2) is 65.3 Å². The Hall–Kier alpha value is -2.32. The van der Waals surface area contributed by atoms with E-state index in [-0.39, 0.29) is 19.5 Å². The summed E-state index contributed by atoms with van der Waals surface area (Å²) in [5.74, 6) is -0.629. The number of nitrogens with one attached hydrogen (secondary N) is 1. The number of nitrogens with zero attached hydrogens (tertiary/aromatic N) is 1. The summed E-state index contributed by atoms with van der Waals surface area (Å²) in [5.41, 5.74) is -2.18. The molecule has 9 nitrogen and oxygen atoms in total. The zero-order valence-electron chi connectivity index (χ0n) is 20.5. The van der Waals surface area contributed by atoms with Gasteiger partial charge in [0.2, 0.25) is 0 Å². The number of ether oxygens (including phenoxy) is 3. The third kappa shape index (κ3) is 15.2. The first-order valence-electron chi connectivity index (χ1n) is 10.6. The molecule has 0 aliphatic carbocycles. The lowest BCUT2D eigenvalue weighted by Crippen LogP contribution is -2.48. The number of aldehydes is 1. The summed E-state index contributed by atoms with van der Waals surface area (Å²) in [6, 6.07) is -1.02. The maximum atomic E-state index is 12.7. The molecule has 0 radical (unpaired) electrons. The van der Waals surface area contributed by atoms with Crippen LogP contribution in [0.5, 0.6) is 0 Å². The van der Waals surface area contributed by atoms with Crippen LogP contribution in [0.25, 0.3) is 0 Å². The molecule has 0 spiro atoms. The van der Waals surface area contributed by atoms with Gasteiger partial charge in [-0.25, -0.2) is 14.4 Å². The van der Waals surface area contributed by atoms with Gasteiger partial charge in [-0.2, -0.15) is 0 Å². The number of amides is 2. The molecule has 31 heavy (non-hydrogen) atoms. The molecule has 0 heterocycles. The largest absolute Gasteiger partial charge is 0.458 e. The zero-order chi connectivity index (χ0) is 24.5. The first-order chi connectivity index (χ1) is 13.9. The zero-order valence-corrected chi connectivity index (χ0v) is 20.5. The third-order valence-corrected chi connectivity index (χ3v) is 3.47. The molecule has 1 atom stereocenters. The van der Waals surface area contributed by atoms with E-state index in [4.69, 9.17) is 14.2 Å². The van der Waals surface area contributed by atoms with Crippen molar-refractivity contribution in [2.45, 2.75) is 104 Å². The number of rotatable bonds is 9. The fraction of sp³-hybridized carbons (Fsp3) is 0.818. The van der Waals surface area contributed by atoms with Gasteiger partial charge in [0.1, 0.15) is 29.1 Å². The average molecular weight is 445 g/mol. The highest BCUT2D eigenvalue weighted by molar-refractivity contribution is 5.81. The molecule has 9 heteroatoms. The maximum absolute atomic E-state index is 12.7. The summed E-state index contributed by atoms with van der Waals surface area (Å²) in [5, 5.41) is 2.54. The van der Waals surface area contributed by atoms with Gasteiger partial charge < -0.3 is 29.2 Å². The van der Waals surface area contributed by atoms with Gasteiger partial charge in [0.05, 0.1) is 0 Å². The highest BCUT2D eigenvalue weighted by Crippen LogP contribution is 2.14. The summed E-state index contributed by atoms with van der Waals surface area (Å²) >= 11 is 0. The predicted octanol–water partition coefficient (Wildman–Crippen LogP) is 3.83. The molecule has 180 valence electrons. The summed E-state index contributed by atoms with van der Waals surface area (Å²) in [4.78, 5) is 49.5. The first-order valence-corrected chi connectivity index (χ1v) is 10.6. The fourth-order valence-corrected chi connectivity index (χ4v) is 2.34. The van der Waals surface area contributed by atoms with E-state index >= 15 is 0 Å². The van der Waals surface area contributed by atoms with Crippen molar-refractivity contribution >= 4 is 24.4 Å². The number of hydrogen-bond acceptors (Lipinski definition) is 7. The molecule has 0 saturated carbocycles. The lowest BCUT2D eigenvalue weighted by atomic mass is 10.1. The number of alkyl carbamates (subject to hydrolysis) is 1. The Kier molecular flexibility index (Phi) is 11.0. The molecule has 0 aliphatic rings. The Morgan fingerprint density at radius 1 is 0.839 bits per heavy atom. The van der Waals surface area contributed by atoms with Gasteiger partial charge in [-0.3, -0.25) is 0 Å². The second kappa shape index (κ2) is 11.9. The number of esters is 1. The topological polar surface area (TPSA) is 111 Å². The van der Waals surface area contributed by atoms with E-state index < -0.39 is 41.0 Å². The van der Waals surface area contributed by atoms with Crippen molar-refractivity contribution in [3.05, 3.63) is 0 Å². The third-order valence-electron chi connectivity index (χ3n) is 3.47. The molecule has 2 amide bonds. The fourth-order valence-electron chi connectivity index (χ4n) is 2.34. The van der Waals surface area contributed by atoms with E-state index in [1.54, 1.807) is 62.3 Å². The number of unbranched alkanes of at least 4 members (excludes halogenated alkanes) is 1. The molecule has 0 saturated heterocycles. The van der Waals surface area contributed by atoms with Gasteiger partial charge in [-0.15, -0.1) is 0 Å². The Labute approximate surface area is 186 Å². The van der Waals surface area contributed by atoms with Crippen molar-refractivity contribution in [2.24, 2.45) is 0 Å². The molecule has 0 aromatic heterocycles. The molecule has 0 bridgehead atoms. The highest BCUT2D eigenvalue weighted by atomic mass is 16.6. The summed E-state index contributed by atoms with van der Waals surface area (Å²) in [7, 11) is 0. The summed E-state index contributed by atoms with van der Waals surface area (Å²) < 4.78 is 16.1. The van der Waals surface area contributed by atoms with Gasteiger partial charge in [0.15, 0.2) is 0 Å². The molecule has 1 N–H and O–H groups in total. The van der Waals surface area contributed by atoms with E-state index in [1.165, 1.54) is 4.90 Å². The predicted molar refractivity (Wildman–Crippen MR) is 117 cm³/mol. The normalized spacial score (nSPS) is 13.1. The van der Waals surface area contributed by atoms with Crippen LogP contribution in [0.1, 0.15) is 81.6 Å². The number of carbonyl (C=O) groups excluding carboxylic acids is 4. The standard InChI is InChI=1S/C22H40N2O7/c1-20(2,3)29-17(26)16(23-18(27)30-21(4,5)6)12-14-24(13-10-11-15-25)19(28)31-22(7,8)9/h15-16H,10-14H2,1-9H3,(H,23,27)/t16-/m0/s1. The van der Waals surface area contributed by atoms with Crippen LogP contribution in [0.2, 0.25) is 0 Å². The van der Waals surface area contributed by atoms with Crippen LogP contribution in [0, 0.1) is 0 Å². The van der Waals surface area contributed by atoms with E-state index in [1.807, 2.05) is 0 Å². The minimum absolute atomic E-state index is 0.0918. The second-order valence-electron chi connectivity index (χ2n) is 10.3. The van der Waals surface area contributed by atoms with Gasteiger partial charge in [0.25, 0.3) is 0 Å². The first kappa shape index (κ1) is 28.7. The van der Waals surface area contributed by atoms with Gasteiger partial charge in [-0.05, 0) is 75.2 Å². The Bertz CT molecular complexity index is 613. The average Bonchev–Trinajstić information content (AvgIpc) is 2.51. The van der Waals surface area contributed by atoms with Crippen molar-refractivity contribution < 1.29 is 33.4 Å². The molecule has 0 aromatic rings. The maximum Gasteiger partial charge on any atom is 0.410 e. The Morgan fingerprint density at radius 2 is 1.35 bits per heavy atom. The molecule has 0 aromatic carbocycles. The van der Waals surface area contributed by atoms with Gasteiger partial charge in [0, 0.05) is 19.5 Å². The number of carbonyl (C=O) groups is 4. The van der Waals surface area contributed by atoms with Crippen molar-refractivity contribution in [1.29, 1.82) is 0 Å². The molecule has 0 rings (SSSR count). The summed E-state index contributed by atoms with van der Waals surface area (Å²) in [6.07, 6.45) is 0.311.